The molecular weight excluding hydrogens is 410 g/mol. The van der Waals surface area contributed by atoms with Crippen LogP contribution in [0.1, 0.15) is 54.8 Å². The highest BCUT2D eigenvalue weighted by Crippen LogP contribution is 2.15. The van der Waals surface area contributed by atoms with Gasteiger partial charge < -0.3 is 15.0 Å². The van der Waals surface area contributed by atoms with Crippen molar-refractivity contribution in [1.82, 2.24) is 10.2 Å². The van der Waals surface area contributed by atoms with E-state index in [0.717, 1.165) is 12.2 Å². The van der Waals surface area contributed by atoms with E-state index >= 15 is 0 Å². The van der Waals surface area contributed by atoms with Crippen molar-refractivity contribution in [2.24, 2.45) is 5.92 Å². The van der Waals surface area contributed by atoms with Crippen LogP contribution in [0.5, 0.6) is 5.75 Å². The molecule has 0 fully saturated rings. The van der Waals surface area contributed by atoms with Crippen LogP contribution in [0.4, 0.5) is 5.69 Å². The van der Waals surface area contributed by atoms with Crippen LogP contribution in [0.2, 0.25) is 0 Å². The fourth-order valence-electron chi connectivity index (χ4n) is 2.88. The molecule has 0 saturated carbocycles. The Morgan fingerprint density at radius 3 is 2.32 bits per heavy atom. The molecule has 0 aliphatic carbocycles. The summed E-state index contributed by atoms with van der Waals surface area (Å²) >= 11 is 5.26. The predicted molar refractivity (Wildman–Crippen MR) is 129 cm³/mol. The van der Waals surface area contributed by atoms with Crippen molar-refractivity contribution >= 4 is 34.8 Å². The van der Waals surface area contributed by atoms with Crippen LogP contribution in [-0.2, 0) is 0 Å². The minimum absolute atomic E-state index is 0.0423. The van der Waals surface area contributed by atoms with Crippen molar-refractivity contribution in [1.29, 1.82) is 0 Å². The molecular formula is C24H31N3O3S. The molecule has 0 aliphatic heterocycles. The number of carbonyl (C=O) groups is 2. The van der Waals surface area contributed by atoms with E-state index in [0.29, 0.717) is 42.4 Å². The summed E-state index contributed by atoms with van der Waals surface area (Å²) in [5.74, 6) is 0.947. The predicted octanol–water partition coefficient (Wildman–Crippen LogP) is 4.72. The van der Waals surface area contributed by atoms with Crippen molar-refractivity contribution in [2.45, 2.75) is 34.1 Å². The Morgan fingerprint density at radius 2 is 1.71 bits per heavy atom. The number of rotatable bonds is 9. The third-order valence-corrected chi connectivity index (χ3v) is 4.93. The van der Waals surface area contributed by atoms with Crippen LogP contribution in [-0.4, -0.2) is 41.5 Å². The van der Waals surface area contributed by atoms with Gasteiger partial charge in [-0.1, -0.05) is 19.9 Å². The summed E-state index contributed by atoms with van der Waals surface area (Å²) in [5.41, 5.74) is 1.68. The van der Waals surface area contributed by atoms with Crippen LogP contribution in [0.15, 0.2) is 48.5 Å². The lowest BCUT2D eigenvalue weighted by atomic mass is 10.1. The van der Waals surface area contributed by atoms with E-state index in [9.17, 15) is 9.59 Å². The number of carbonyl (C=O) groups excluding carboxylic acids is 2. The molecule has 0 saturated heterocycles. The van der Waals surface area contributed by atoms with Gasteiger partial charge in [-0.15, -0.1) is 0 Å². The van der Waals surface area contributed by atoms with Gasteiger partial charge in [-0.2, -0.15) is 0 Å². The second kappa shape index (κ2) is 12.1. The van der Waals surface area contributed by atoms with Crippen molar-refractivity contribution in [3.05, 3.63) is 59.7 Å². The van der Waals surface area contributed by atoms with Gasteiger partial charge in [-0.25, -0.2) is 0 Å². The zero-order valence-corrected chi connectivity index (χ0v) is 19.4. The number of nitrogens with one attached hydrogen (secondary N) is 2. The molecule has 2 rings (SSSR count). The number of benzene rings is 2. The number of ether oxygens (including phenoxy) is 1. The molecule has 0 bridgehead atoms. The Morgan fingerprint density at radius 1 is 1.03 bits per heavy atom. The summed E-state index contributed by atoms with van der Waals surface area (Å²) in [4.78, 5) is 26.7. The molecule has 0 unspecified atom stereocenters. The third-order valence-electron chi connectivity index (χ3n) is 4.73. The molecule has 2 amide bonds. The van der Waals surface area contributed by atoms with Gasteiger partial charge in [-0.3, -0.25) is 14.9 Å². The van der Waals surface area contributed by atoms with Crippen LogP contribution >= 0.6 is 12.2 Å². The first kappa shape index (κ1) is 24.3. The summed E-state index contributed by atoms with van der Waals surface area (Å²) in [5, 5.41) is 5.79. The normalized spacial score (nSPS) is 10.5. The van der Waals surface area contributed by atoms with E-state index < -0.39 is 0 Å². The molecule has 2 aromatic rings. The number of nitrogens with zero attached hydrogens (tertiary/aromatic N) is 1. The molecule has 0 radical (unpaired) electrons. The van der Waals surface area contributed by atoms with E-state index in [-0.39, 0.29) is 16.9 Å². The first-order valence-electron chi connectivity index (χ1n) is 10.6. The number of amides is 2. The maximum Gasteiger partial charge on any atom is 0.257 e. The fourth-order valence-corrected chi connectivity index (χ4v) is 3.09. The van der Waals surface area contributed by atoms with Crippen LogP contribution in [0.3, 0.4) is 0 Å². The van der Waals surface area contributed by atoms with Crippen molar-refractivity contribution in [2.75, 3.05) is 25.0 Å². The van der Waals surface area contributed by atoms with Gasteiger partial charge in [0.15, 0.2) is 5.11 Å². The van der Waals surface area contributed by atoms with Crippen molar-refractivity contribution < 1.29 is 14.3 Å². The molecule has 31 heavy (non-hydrogen) atoms. The van der Waals surface area contributed by atoms with Gasteiger partial charge in [0.2, 0.25) is 0 Å². The van der Waals surface area contributed by atoms with Gasteiger partial charge in [0.05, 0.1) is 6.61 Å². The molecule has 0 aliphatic rings. The molecule has 2 N–H and O–H groups in total. The van der Waals surface area contributed by atoms with Crippen LogP contribution in [0.25, 0.3) is 0 Å². The fraction of sp³-hybridized carbons (Fsp3) is 0.375. The Hall–Kier alpha value is -2.93. The summed E-state index contributed by atoms with van der Waals surface area (Å²) < 4.78 is 5.67. The Labute approximate surface area is 190 Å². The monoisotopic (exact) mass is 441 g/mol. The summed E-state index contributed by atoms with van der Waals surface area (Å²) in [7, 11) is 0. The maximum atomic E-state index is 12.5. The van der Waals surface area contributed by atoms with E-state index in [1.165, 1.54) is 0 Å². The lowest BCUT2D eigenvalue weighted by Crippen LogP contribution is -2.34. The average Bonchev–Trinajstić information content (AvgIpc) is 2.74. The summed E-state index contributed by atoms with van der Waals surface area (Å²) in [6, 6.07) is 14.0. The Bertz CT molecular complexity index is 893. The molecule has 0 spiro atoms. The molecule has 2 aromatic carbocycles. The minimum Gasteiger partial charge on any atom is -0.494 e. The van der Waals surface area contributed by atoms with E-state index in [1.54, 1.807) is 53.4 Å². The van der Waals surface area contributed by atoms with E-state index in [2.05, 4.69) is 24.5 Å². The molecule has 7 heteroatoms. The summed E-state index contributed by atoms with van der Waals surface area (Å²) in [6.45, 7) is 10.1. The third kappa shape index (κ3) is 7.68. The maximum absolute atomic E-state index is 12.5. The molecule has 6 nitrogen and oxygen atoms in total. The largest absolute Gasteiger partial charge is 0.494 e. The first-order valence-corrected chi connectivity index (χ1v) is 11.0. The topological polar surface area (TPSA) is 70.7 Å². The SMILES string of the molecule is CCN(CC)C(=O)c1cccc(NC(=S)NC(=O)c2ccc(OCCC(C)C)cc2)c1. The number of anilines is 1. The lowest BCUT2D eigenvalue weighted by Gasteiger charge is -2.19. The second-order valence-corrected chi connectivity index (χ2v) is 7.93. The smallest absolute Gasteiger partial charge is 0.257 e. The van der Waals surface area contributed by atoms with Gasteiger partial charge in [0.25, 0.3) is 11.8 Å². The zero-order valence-electron chi connectivity index (χ0n) is 18.6. The molecule has 166 valence electrons. The summed E-state index contributed by atoms with van der Waals surface area (Å²) in [6.07, 6.45) is 0.976. The lowest BCUT2D eigenvalue weighted by molar-refractivity contribution is 0.0772. The highest BCUT2D eigenvalue weighted by Gasteiger charge is 2.13. The first-order chi connectivity index (χ1) is 14.8. The standard InChI is InChI=1S/C24H31N3O3S/c1-5-27(6-2)23(29)19-8-7-9-20(16-19)25-24(31)26-22(28)18-10-12-21(13-11-18)30-15-14-17(3)4/h7-13,16-17H,5-6,14-15H2,1-4H3,(H2,25,26,28,31). The van der Waals surface area contributed by atoms with Crippen LogP contribution < -0.4 is 15.4 Å². The molecule has 0 atom stereocenters. The van der Waals surface area contributed by atoms with Gasteiger partial charge >= 0.3 is 0 Å². The molecule has 0 aromatic heterocycles. The van der Waals surface area contributed by atoms with E-state index in [1.807, 2.05) is 13.8 Å². The van der Waals surface area contributed by atoms with Gasteiger partial charge in [0.1, 0.15) is 5.75 Å². The second-order valence-electron chi connectivity index (χ2n) is 7.52. The Kier molecular flexibility index (Phi) is 9.46. The average molecular weight is 442 g/mol. The van der Waals surface area contributed by atoms with E-state index in [4.69, 9.17) is 17.0 Å². The van der Waals surface area contributed by atoms with Crippen LogP contribution in [0, 0.1) is 5.92 Å². The van der Waals surface area contributed by atoms with Crippen molar-refractivity contribution in [3.63, 3.8) is 0 Å². The Balaban J connectivity index is 1.93. The number of thiocarbonyl (C=S) groups is 1. The zero-order chi connectivity index (χ0) is 22.8. The number of hydrogen-bond acceptors (Lipinski definition) is 4. The number of hydrogen-bond donors (Lipinski definition) is 2. The van der Waals surface area contributed by atoms with Gasteiger partial charge in [-0.05, 0) is 80.9 Å². The highest BCUT2D eigenvalue weighted by molar-refractivity contribution is 7.80. The highest BCUT2D eigenvalue weighted by atomic mass is 32.1. The van der Waals surface area contributed by atoms with Crippen molar-refractivity contribution in [3.8, 4) is 5.75 Å². The minimum atomic E-state index is -0.318. The quantitative estimate of drug-likeness (QED) is 0.551. The van der Waals surface area contributed by atoms with Gasteiger partial charge in [0, 0.05) is 29.9 Å². The molecule has 0 heterocycles.